The topological polar surface area (TPSA) is 49.2 Å². The third-order valence-corrected chi connectivity index (χ3v) is 4.21. The molecule has 0 saturated carbocycles. The fraction of sp³-hybridized carbons (Fsp3) is 0.500. The third kappa shape index (κ3) is 2.48. The van der Waals surface area contributed by atoms with Gasteiger partial charge in [-0.1, -0.05) is 11.6 Å². The maximum Gasteiger partial charge on any atom is 0.139 e. The first-order valence-electron chi connectivity index (χ1n) is 7.29. The van der Waals surface area contributed by atoms with E-state index in [0.29, 0.717) is 5.92 Å². The predicted octanol–water partition coefficient (Wildman–Crippen LogP) is 2.54. The number of nitrogens with zero attached hydrogens (tertiary/aromatic N) is 3. The van der Waals surface area contributed by atoms with Gasteiger partial charge in [0.15, 0.2) is 0 Å². The van der Waals surface area contributed by atoms with Crippen LogP contribution in [0.1, 0.15) is 25.3 Å². The number of fused-ring (bicyclic) bond motifs is 1. The van der Waals surface area contributed by atoms with E-state index in [1.807, 2.05) is 13.0 Å². The first-order valence-corrected chi connectivity index (χ1v) is 7.29. The SMILES string of the molecule is Cc1ccc2ncnc(N3CCCC(C(C)O)C3)c2c1. The lowest BCUT2D eigenvalue weighted by Gasteiger charge is -2.35. The Morgan fingerprint density at radius 1 is 1.35 bits per heavy atom. The highest BCUT2D eigenvalue weighted by atomic mass is 16.3. The number of aliphatic hydroxyl groups is 1. The molecule has 2 heterocycles. The summed E-state index contributed by atoms with van der Waals surface area (Å²) in [5.41, 5.74) is 2.21. The number of rotatable bonds is 2. The van der Waals surface area contributed by atoms with Crippen LogP contribution in [0.3, 0.4) is 0 Å². The zero-order valence-electron chi connectivity index (χ0n) is 12.1. The lowest BCUT2D eigenvalue weighted by Crippen LogP contribution is -2.40. The van der Waals surface area contributed by atoms with Crippen LogP contribution in [0.4, 0.5) is 5.82 Å². The van der Waals surface area contributed by atoms with Gasteiger partial charge in [0, 0.05) is 24.4 Å². The Hall–Kier alpha value is -1.68. The van der Waals surface area contributed by atoms with Crippen LogP contribution in [0.5, 0.6) is 0 Å². The summed E-state index contributed by atoms with van der Waals surface area (Å²) in [5, 5.41) is 10.9. The lowest BCUT2D eigenvalue weighted by molar-refractivity contribution is 0.115. The zero-order valence-corrected chi connectivity index (χ0v) is 12.1. The minimum absolute atomic E-state index is 0.257. The molecule has 0 amide bonds. The normalized spacial score (nSPS) is 21.1. The Labute approximate surface area is 119 Å². The van der Waals surface area contributed by atoms with Gasteiger partial charge < -0.3 is 10.0 Å². The number of piperidine rings is 1. The van der Waals surface area contributed by atoms with Crippen molar-refractivity contribution < 1.29 is 5.11 Å². The van der Waals surface area contributed by atoms with Gasteiger partial charge >= 0.3 is 0 Å². The molecule has 0 bridgehead atoms. The highest BCUT2D eigenvalue weighted by Crippen LogP contribution is 2.29. The molecule has 0 aliphatic carbocycles. The van der Waals surface area contributed by atoms with Gasteiger partial charge in [-0.2, -0.15) is 0 Å². The molecule has 2 atom stereocenters. The van der Waals surface area contributed by atoms with Gasteiger partial charge in [-0.15, -0.1) is 0 Å². The molecule has 1 N–H and O–H groups in total. The molecule has 1 aromatic carbocycles. The van der Waals surface area contributed by atoms with Crippen molar-refractivity contribution in [1.29, 1.82) is 0 Å². The van der Waals surface area contributed by atoms with Gasteiger partial charge in [0.25, 0.3) is 0 Å². The van der Waals surface area contributed by atoms with Crippen LogP contribution in [0.25, 0.3) is 10.9 Å². The van der Waals surface area contributed by atoms with E-state index < -0.39 is 0 Å². The molecule has 1 saturated heterocycles. The number of aryl methyl sites for hydroxylation is 1. The Morgan fingerprint density at radius 3 is 3.00 bits per heavy atom. The summed E-state index contributed by atoms with van der Waals surface area (Å²) < 4.78 is 0. The van der Waals surface area contributed by atoms with Gasteiger partial charge in [-0.05, 0) is 38.8 Å². The van der Waals surface area contributed by atoms with E-state index >= 15 is 0 Å². The van der Waals surface area contributed by atoms with E-state index in [2.05, 4.69) is 33.9 Å². The molecule has 1 fully saturated rings. The second-order valence-electron chi connectivity index (χ2n) is 5.81. The highest BCUT2D eigenvalue weighted by Gasteiger charge is 2.25. The fourth-order valence-electron chi connectivity index (χ4n) is 3.00. The molecule has 2 unspecified atom stereocenters. The molecule has 4 heteroatoms. The smallest absolute Gasteiger partial charge is 0.139 e. The van der Waals surface area contributed by atoms with Crippen molar-refractivity contribution in [3.63, 3.8) is 0 Å². The second-order valence-corrected chi connectivity index (χ2v) is 5.81. The molecule has 4 nitrogen and oxygen atoms in total. The molecule has 0 radical (unpaired) electrons. The maximum absolute atomic E-state index is 9.84. The first-order chi connectivity index (χ1) is 9.65. The van der Waals surface area contributed by atoms with Crippen molar-refractivity contribution >= 4 is 16.7 Å². The zero-order chi connectivity index (χ0) is 14.1. The Bertz CT molecular complexity index is 612. The average Bonchev–Trinajstić information content (AvgIpc) is 2.46. The van der Waals surface area contributed by atoms with Crippen LogP contribution < -0.4 is 4.90 Å². The molecule has 1 aliphatic heterocycles. The number of benzene rings is 1. The molecule has 1 aromatic heterocycles. The minimum Gasteiger partial charge on any atom is -0.393 e. The third-order valence-electron chi connectivity index (χ3n) is 4.21. The number of hydrogen-bond donors (Lipinski definition) is 1. The molecule has 0 spiro atoms. The quantitative estimate of drug-likeness (QED) is 0.912. The summed E-state index contributed by atoms with van der Waals surface area (Å²) in [6.45, 7) is 5.85. The highest BCUT2D eigenvalue weighted by molar-refractivity contribution is 5.89. The minimum atomic E-state index is -0.257. The van der Waals surface area contributed by atoms with Crippen LogP contribution in [0.2, 0.25) is 0 Å². The average molecular weight is 271 g/mol. The summed E-state index contributed by atoms with van der Waals surface area (Å²) in [6.07, 6.45) is 3.58. The second kappa shape index (κ2) is 5.37. The van der Waals surface area contributed by atoms with Crippen molar-refractivity contribution in [2.24, 2.45) is 5.92 Å². The summed E-state index contributed by atoms with van der Waals surface area (Å²) in [7, 11) is 0. The van der Waals surface area contributed by atoms with Crippen molar-refractivity contribution in [2.45, 2.75) is 32.8 Å². The van der Waals surface area contributed by atoms with Gasteiger partial charge in [0.05, 0.1) is 11.6 Å². The molecule has 2 aromatic rings. The lowest BCUT2D eigenvalue weighted by atomic mass is 9.93. The predicted molar refractivity (Wildman–Crippen MR) is 80.9 cm³/mol. The van der Waals surface area contributed by atoms with Crippen molar-refractivity contribution in [3.8, 4) is 0 Å². The maximum atomic E-state index is 9.84. The Kier molecular flexibility index (Phi) is 3.57. The van der Waals surface area contributed by atoms with Crippen LogP contribution in [0.15, 0.2) is 24.5 Å². The van der Waals surface area contributed by atoms with E-state index in [4.69, 9.17) is 0 Å². The molecular weight excluding hydrogens is 250 g/mol. The molecule has 20 heavy (non-hydrogen) atoms. The van der Waals surface area contributed by atoms with E-state index in [-0.39, 0.29) is 6.10 Å². The van der Waals surface area contributed by atoms with Gasteiger partial charge in [0.1, 0.15) is 12.1 Å². The number of aromatic nitrogens is 2. The Morgan fingerprint density at radius 2 is 2.20 bits per heavy atom. The summed E-state index contributed by atoms with van der Waals surface area (Å²) in [5.74, 6) is 1.34. The van der Waals surface area contributed by atoms with Crippen molar-refractivity contribution in [2.75, 3.05) is 18.0 Å². The van der Waals surface area contributed by atoms with Crippen LogP contribution >= 0.6 is 0 Å². The van der Waals surface area contributed by atoms with Gasteiger partial charge in [-0.25, -0.2) is 9.97 Å². The largest absolute Gasteiger partial charge is 0.393 e. The van der Waals surface area contributed by atoms with Crippen LogP contribution in [-0.4, -0.2) is 34.3 Å². The van der Waals surface area contributed by atoms with E-state index in [1.54, 1.807) is 6.33 Å². The van der Waals surface area contributed by atoms with Gasteiger partial charge in [-0.3, -0.25) is 0 Å². The number of aliphatic hydroxyl groups excluding tert-OH is 1. The number of anilines is 1. The van der Waals surface area contributed by atoms with Crippen molar-refractivity contribution in [3.05, 3.63) is 30.1 Å². The Balaban J connectivity index is 1.99. The first kappa shape index (κ1) is 13.3. The molecular formula is C16H21N3O. The van der Waals surface area contributed by atoms with E-state index in [9.17, 15) is 5.11 Å². The summed E-state index contributed by atoms with van der Waals surface area (Å²) in [4.78, 5) is 11.1. The van der Waals surface area contributed by atoms with Crippen molar-refractivity contribution in [1.82, 2.24) is 9.97 Å². The molecule has 3 rings (SSSR count). The summed E-state index contributed by atoms with van der Waals surface area (Å²) in [6, 6.07) is 6.27. The van der Waals surface area contributed by atoms with E-state index in [1.165, 1.54) is 5.56 Å². The monoisotopic (exact) mass is 271 g/mol. The molecule has 1 aliphatic rings. The fourth-order valence-corrected chi connectivity index (χ4v) is 3.00. The number of hydrogen-bond acceptors (Lipinski definition) is 4. The van der Waals surface area contributed by atoms with Crippen LogP contribution in [0, 0.1) is 12.8 Å². The standard InChI is InChI=1S/C16H21N3O/c1-11-5-6-15-14(8-11)16(18-10-17-15)19-7-3-4-13(9-19)12(2)20/h5-6,8,10,12-13,20H,3-4,7,9H2,1-2H3. The summed E-state index contributed by atoms with van der Waals surface area (Å²) >= 11 is 0. The molecule has 106 valence electrons. The van der Waals surface area contributed by atoms with E-state index in [0.717, 1.165) is 42.7 Å². The van der Waals surface area contributed by atoms with Crippen LogP contribution in [-0.2, 0) is 0 Å². The van der Waals surface area contributed by atoms with Gasteiger partial charge in [0.2, 0.25) is 0 Å².